The molecule has 54 heavy (non-hydrogen) atoms. The van der Waals surface area contributed by atoms with Gasteiger partial charge in [0.1, 0.15) is 0 Å². The fourth-order valence-electron chi connectivity index (χ4n) is 14.1. The summed E-state index contributed by atoms with van der Waals surface area (Å²) >= 11 is 0. The van der Waals surface area contributed by atoms with E-state index < -0.39 is 11.9 Å². The van der Waals surface area contributed by atoms with Gasteiger partial charge in [-0.05, 0) is 173 Å². The number of aromatic carboxylic acids is 1. The minimum absolute atomic E-state index is 0.0103. The van der Waals surface area contributed by atoms with Crippen molar-refractivity contribution < 1.29 is 24.2 Å². The number of allylic oxidation sites excluding steroid dienone is 1. The van der Waals surface area contributed by atoms with Gasteiger partial charge < -0.3 is 20.1 Å². The summed E-state index contributed by atoms with van der Waals surface area (Å²) in [5.74, 6) is 0.321. The van der Waals surface area contributed by atoms with E-state index in [9.17, 15) is 19.5 Å². The van der Waals surface area contributed by atoms with Crippen LogP contribution < -0.4 is 5.32 Å². The second kappa shape index (κ2) is 14.4. The molecule has 1 aromatic carbocycles. The summed E-state index contributed by atoms with van der Waals surface area (Å²) in [7, 11) is 0. The summed E-state index contributed by atoms with van der Waals surface area (Å²) in [6, 6.07) is 6.32. The number of benzene rings is 1. The summed E-state index contributed by atoms with van der Waals surface area (Å²) in [5, 5.41) is 13.1. The maximum atomic E-state index is 14.5. The van der Waals surface area contributed by atoms with Gasteiger partial charge in [0.25, 0.3) is 0 Å². The average molecular weight is 743 g/mol. The number of likely N-dealkylation sites (tertiary alicyclic amines) is 1. The molecule has 7 nitrogen and oxygen atoms in total. The molecule has 6 aliphatic rings. The molecule has 5 fully saturated rings. The van der Waals surface area contributed by atoms with E-state index in [0.29, 0.717) is 30.3 Å². The lowest BCUT2D eigenvalue weighted by molar-refractivity contribution is -0.194. The Bertz CT molecular complexity index is 1660. The van der Waals surface area contributed by atoms with Crippen LogP contribution in [0.3, 0.4) is 0 Å². The SMILES string of the molecule is CC1(C)CC[C@]2(C(=O)NCCCN3CCCC3)CC[C@]3(C)C(=C2C1)CC[C@@H]1[C@@]2(C)CC[C@H](CCOC(=O)c4ccccc4C(=O)O)C(C)(C)[C@@H]2CC[C@]13C. The van der Waals surface area contributed by atoms with E-state index in [-0.39, 0.29) is 43.6 Å². The molecule has 2 N–H and O–H groups in total. The second-order valence-electron chi connectivity index (χ2n) is 20.8. The number of rotatable bonds is 10. The molecule has 0 unspecified atom stereocenters. The molecule has 1 saturated heterocycles. The Balaban J connectivity index is 1.08. The Morgan fingerprint density at radius 3 is 2.26 bits per heavy atom. The number of amides is 1. The third kappa shape index (κ3) is 6.48. The van der Waals surface area contributed by atoms with Crippen LogP contribution in [-0.2, 0) is 9.53 Å². The van der Waals surface area contributed by atoms with Crippen LogP contribution in [0.5, 0.6) is 0 Å². The molecule has 7 atom stereocenters. The number of ether oxygens (including phenoxy) is 1. The van der Waals surface area contributed by atoms with Crippen LogP contribution in [-0.4, -0.2) is 60.6 Å². The second-order valence-corrected chi connectivity index (χ2v) is 20.8. The summed E-state index contributed by atoms with van der Waals surface area (Å²) in [4.78, 5) is 41.7. The van der Waals surface area contributed by atoms with Gasteiger partial charge in [-0.15, -0.1) is 0 Å². The first kappa shape index (κ1) is 39.6. The van der Waals surface area contributed by atoms with Crippen molar-refractivity contribution in [2.45, 2.75) is 145 Å². The Kier molecular flexibility index (Phi) is 10.5. The summed E-state index contributed by atoms with van der Waals surface area (Å²) in [6.07, 6.45) is 16.8. The van der Waals surface area contributed by atoms with Gasteiger partial charge in [0.15, 0.2) is 0 Å². The normalized spacial score (nSPS) is 37.0. The highest BCUT2D eigenvalue weighted by atomic mass is 16.5. The molecule has 1 amide bonds. The lowest BCUT2D eigenvalue weighted by atomic mass is 9.33. The van der Waals surface area contributed by atoms with Crippen molar-refractivity contribution in [1.82, 2.24) is 10.2 Å². The molecule has 298 valence electrons. The van der Waals surface area contributed by atoms with Crippen molar-refractivity contribution in [3.63, 3.8) is 0 Å². The number of nitrogens with one attached hydrogen (secondary N) is 1. The minimum atomic E-state index is -1.11. The van der Waals surface area contributed by atoms with E-state index in [1.54, 1.807) is 29.3 Å². The molecule has 7 heteroatoms. The lowest BCUT2D eigenvalue weighted by Gasteiger charge is -2.71. The molecule has 1 heterocycles. The Morgan fingerprint density at radius 2 is 1.54 bits per heavy atom. The van der Waals surface area contributed by atoms with Gasteiger partial charge in [-0.1, -0.05) is 71.7 Å². The minimum Gasteiger partial charge on any atom is -0.478 e. The van der Waals surface area contributed by atoms with Crippen molar-refractivity contribution in [2.75, 3.05) is 32.8 Å². The number of carbonyl (C=O) groups excluding carboxylic acids is 2. The summed E-state index contributed by atoms with van der Waals surface area (Å²) in [5.41, 5.74) is 3.84. The first-order valence-corrected chi connectivity index (χ1v) is 21.7. The van der Waals surface area contributed by atoms with Crippen molar-refractivity contribution in [2.24, 2.45) is 50.2 Å². The van der Waals surface area contributed by atoms with E-state index in [4.69, 9.17) is 4.74 Å². The van der Waals surface area contributed by atoms with Gasteiger partial charge in [-0.25, -0.2) is 9.59 Å². The van der Waals surface area contributed by atoms with Crippen LogP contribution in [0.4, 0.5) is 0 Å². The number of hydrogen-bond donors (Lipinski definition) is 2. The standard InChI is InChI=1S/C47H70N2O5/c1-42(2)22-24-47(41(53)48-26-12-29-49-27-10-11-28-49)25-23-45(6)35(36(47)31-42)15-16-38-44(5)20-17-32(43(3,4)37(44)18-21-46(38,45)7)19-30-54-40(52)34-14-9-8-13-33(34)39(50)51/h8-9,13-14,32,37-38H,10-12,15-31H2,1-7H3,(H,48,53)(H,50,51)/t32-,37+,38-,44+,45-,46-,47+/m1/s1. The van der Waals surface area contributed by atoms with Crippen molar-refractivity contribution in [3.05, 3.63) is 46.5 Å². The molecular weight excluding hydrogens is 673 g/mol. The quantitative estimate of drug-likeness (QED) is 0.141. The molecule has 0 spiro atoms. The van der Waals surface area contributed by atoms with E-state index >= 15 is 0 Å². The fraction of sp³-hybridized carbons (Fsp3) is 0.766. The average Bonchev–Trinajstić information content (AvgIpc) is 3.64. The van der Waals surface area contributed by atoms with Crippen LogP contribution in [0.1, 0.15) is 165 Å². The third-order valence-corrected chi connectivity index (χ3v) is 17.4. The van der Waals surface area contributed by atoms with Gasteiger partial charge in [0, 0.05) is 6.54 Å². The first-order valence-electron chi connectivity index (χ1n) is 21.7. The van der Waals surface area contributed by atoms with Crippen LogP contribution in [0.25, 0.3) is 0 Å². The molecule has 4 saturated carbocycles. The Morgan fingerprint density at radius 1 is 0.833 bits per heavy atom. The number of carbonyl (C=O) groups is 3. The Hall–Kier alpha value is -2.67. The summed E-state index contributed by atoms with van der Waals surface area (Å²) in [6.45, 7) is 22.4. The van der Waals surface area contributed by atoms with Gasteiger partial charge >= 0.3 is 11.9 Å². The predicted molar refractivity (Wildman–Crippen MR) is 214 cm³/mol. The zero-order valence-electron chi connectivity index (χ0n) is 34.7. The number of carboxylic acid groups (broad SMARTS) is 1. The van der Waals surface area contributed by atoms with E-state index in [2.05, 4.69) is 58.7 Å². The van der Waals surface area contributed by atoms with Crippen molar-refractivity contribution in [1.29, 1.82) is 0 Å². The molecular formula is C47H70N2O5. The van der Waals surface area contributed by atoms with Crippen LogP contribution >= 0.6 is 0 Å². The number of hydrogen-bond acceptors (Lipinski definition) is 5. The van der Waals surface area contributed by atoms with Gasteiger partial charge in [-0.3, -0.25) is 4.79 Å². The molecule has 1 aliphatic heterocycles. The van der Waals surface area contributed by atoms with Crippen LogP contribution in [0.15, 0.2) is 35.4 Å². The maximum absolute atomic E-state index is 14.5. The highest BCUT2D eigenvalue weighted by Crippen LogP contribution is 2.76. The molecule has 0 aromatic heterocycles. The largest absolute Gasteiger partial charge is 0.478 e. The van der Waals surface area contributed by atoms with Crippen molar-refractivity contribution in [3.8, 4) is 0 Å². The maximum Gasteiger partial charge on any atom is 0.339 e. The van der Waals surface area contributed by atoms with E-state index in [1.807, 2.05) is 0 Å². The molecule has 0 radical (unpaired) electrons. The molecule has 1 aromatic rings. The highest BCUT2D eigenvalue weighted by Gasteiger charge is 2.68. The monoisotopic (exact) mass is 743 g/mol. The lowest BCUT2D eigenvalue weighted by Crippen LogP contribution is -2.64. The van der Waals surface area contributed by atoms with Crippen LogP contribution in [0.2, 0.25) is 0 Å². The number of esters is 1. The smallest absolute Gasteiger partial charge is 0.339 e. The zero-order chi connectivity index (χ0) is 38.7. The Labute approximate surface area is 325 Å². The van der Waals surface area contributed by atoms with E-state index in [1.165, 1.54) is 57.7 Å². The fourth-order valence-corrected chi connectivity index (χ4v) is 14.1. The molecule has 7 rings (SSSR count). The van der Waals surface area contributed by atoms with Gasteiger partial charge in [0.2, 0.25) is 5.91 Å². The number of carboxylic acids is 1. The van der Waals surface area contributed by atoms with Gasteiger partial charge in [-0.2, -0.15) is 0 Å². The molecule has 0 bridgehead atoms. The third-order valence-electron chi connectivity index (χ3n) is 17.4. The summed E-state index contributed by atoms with van der Waals surface area (Å²) < 4.78 is 5.74. The highest BCUT2D eigenvalue weighted by molar-refractivity contribution is 6.02. The van der Waals surface area contributed by atoms with Crippen molar-refractivity contribution >= 4 is 17.8 Å². The predicted octanol–water partition coefficient (Wildman–Crippen LogP) is 10.1. The van der Waals surface area contributed by atoms with Gasteiger partial charge in [0.05, 0.1) is 23.1 Å². The number of nitrogens with zero attached hydrogens (tertiary/aromatic N) is 1. The number of fused-ring (bicyclic) bond motifs is 6. The topological polar surface area (TPSA) is 95.9 Å². The first-order chi connectivity index (χ1) is 25.5. The molecule has 5 aliphatic carbocycles. The van der Waals surface area contributed by atoms with E-state index in [0.717, 1.165) is 70.9 Å². The zero-order valence-corrected chi connectivity index (χ0v) is 34.7. The van der Waals surface area contributed by atoms with Crippen LogP contribution in [0, 0.1) is 50.2 Å².